The summed E-state index contributed by atoms with van der Waals surface area (Å²) in [4.78, 5) is 60.6. The summed E-state index contributed by atoms with van der Waals surface area (Å²) in [6.45, 7) is 0.622. The third-order valence-electron chi connectivity index (χ3n) is 3.42. The predicted octanol–water partition coefficient (Wildman–Crippen LogP) is -1.16. The molecule has 19 heteroatoms. The van der Waals surface area contributed by atoms with Gasteiger partial charge in [-0.05, 0) is 6.92 Å². The highest BCUT2D eigenvalue weighted by Crippen LogP contribution is 2.66. The first-order valence-electron chi connectivity index (χ1n) is 7.52. The average Bonchev–Trinajstić information content (AvgIpc) is 2.86. The number of aromatic nitrogens is 2. The quantitative estimate of drug-likeness (QED) is 0.239. The Morgan fingerprint density at radius 3 is 2.38 bits per heavy atom. The molecule has 1 aliphatic rings. The summed E-state index contributed by atoms with van der Waals surface area (Å²) in [7, 11) is -16.5. The Balaban J connectivity index is 2.02. The molecule has 2 rings (SSSR count). The van der Waals surface area contributed by atoms with Gasteiger partial charge in [0, 0.05) is 18.2 Å². The van der Waals surface area contributed by atoms with Gasteiger partial charge in [-0.25, -0.2) is 18.5 Å². The van der Waals surface area contributed by atoms with Crippen molar-refractivity contribution >= 4 is 23.5 Å². The first-order chi connectivity index (χ1) is 13.1. The summed E-state index contributed by atoms with van der Waals surface area (Å²) in [6, 6.07) is 0. The number of hydrogen-bond acceptors (Lipinski definition) is 10. The number of aryl methyl sites for hydroxylation is 1. The Morgan fingerprint density at radius 2 is 1.79 bits per heavy atom. The third-order valence-corrected chi connectivity index (χ3v) is 7.23. The molecule has 6 N–H and O–H groups in total. The van der Waals surface area contributed by atoms with Gasteiger partial charge in [0.25, 0.3) is 5.56 Å². The van der Waals surface area contributed by atoms with E-state index >= 15 is 0 Å². The van der Waals surface area contributed by atoms with E-state index in [-0.39, 0.29) is 12.0 Å². The number of phosphoric acid groups is 3. The van der Waals surface area contributed by atoms with Crippen molar-refractivity contribution in [2.45, 2.75) is 31.8 Å². The van der Waals surface area contributed by atoms with Gasteiger partial charge in [0.2, 0.25) is 0 Å². The van der Waals surface area contributed by atoms with Gasteiger partial charge < -0.3 is 29.4 Å². The number of aromatic amines is 1. The van der Waals surface area contributed by atoms with Crippen molar-refractivity contribution in [1.29, 1.82) is 0 Å². The fraction of sp³-hybridized carbons (Fsp3) is 0.600. The van der Waals surface area contributed by atoms with Gasteiger partial charge in [-0.2, -0.15) is 8.62 Å². The summed E-state index contributed by atoms with van der Waals surface area (Å²) in [6.07, 6.45) is -2.72. The van der Waals surface area contributed by atoms with Crippen LogP contribution in [0.2, 0.25) is 0 Å². The SMILES string of the molecule is Cc1cn([C@@H]2OC(COP(=O)(O)OP(=O)(O)OP(=O)(O)O)C[C@H]2O)c(=O)[nH]c1=O. The van der Waals surface area contributed by atoms with Crippen molar-refractivity contribution in [3.05, 3.63) is 32.6 Å². The van der Waals surface area contributed by atoms with Crippen LogP contribution in [-0.4, -0.2) is 53.0 Å². The largest absolute Gasteiger partial charge is 0.490 e. The number of nitrogens with zero attached hydrogens (tertiary/aromatic N) is 1. The van der Waals surface area contributed by atoms with E-state index in [2.05, 4.69) is 13.1 Å². The monoisotopic (exact) mass is 482 g/mol. The normalized spacial score (nSPS) is 26.8. The van der Waals surface area contributed by atoms with Crippen LogP contribution in [-0.2, 0) is 31.6 Å². The van der Waals surface area contributed by atoms with Crippen LogP contribution in [0.15, 0.2) is 15.8 Å². The van der Waals surface area contributed by atoms with Gasteiger partial charge in [-0.15, -0.1) is 0 Å². The minimum absolute atomic E-state index is 0.150. The summed E-state index contributed by atoms with van der Waals surface area (Å²) in [5.41, 5.74) is -1.36. The van der Waals surface area contributed by atoms with Gasteiger partial charge in [0.15, 0.2) is 6.23 Å². The Bertz CT molecular complexity index is 1010. The van der Waals surface area contributed by atoms with E-state index in [0.29, 0.717) is 0 Å². The molecule has 16 nitrogen and oxygen atoms in total. The van der Waals surface area contributed by atoms with Crippen LogP contribution in [0.1, 0.15) is 18.2 Å². The van der Waals surface area contributed by atoms with E-state index in [1.165, 1.54) is 6.92 Å². The standard InChI is InChI=1S/C10H17N2O14P3/c1-5-3-12(10(15)11-8(5)14)9-7(13)2-6(24-9)4-23-28(19,20)26-29(21,22)25-27(16,17)18/h3,6-7,9,13H,2,4H2,1H3,(H,19,20)(H,21,22)(H,11,14,15)(H2,16,17,18)/t6?,7-,9-/m1/s1. The molecule has 1 aromatic heterocycles. The molecule has 3 unspecified atom stereocenters. The maximum absolute atomic E-state index is 11.9. The molecule has 1 aliphatic heterocycles. The molecule has 0 aromatic carbocycles. The molecule has 166 valence electrons. The fourth-order valence-corrected chi connectivity index (χ4v) is 5.39. The molecule has 1 fully saturated rings. The lowest BCUT2D eigenvalue weighted by Crippen LogP contribution is -2.36. The first kappa shape index (κ1) is 24.3. The molecule has 29 heavy (non-hydrogen) atoms. The molecule has 5 atom stereocenters. The number of hydrogen-bond donors (Lipinski definition) is 6. The molecule has 0 bridgehead atoms. The molecule has 1 saturated heterocycles. The van der Waals surface area contributed by atoms with Gasteiger partial charge >= 0.3 is 29.2 Å². The number of aliphatic hydroxyl groups is 1. The van der Waals surface area contributed by atoms with Crippen molar-refractivity contribution in [3.63, 3.8) is 0 Å². The Hall–Kier alpha value is -0.990. The molecule has 0 amide bonds. The maximum Gasteiger partial charge on any atom is 0.490 e. The lowest BCUT2D eigenvalue weighted by atomic mass is 10.2. The molecule has 2 heterocycles. The van der Waals surface area contributed by atoms with E-state index in [9.17, 15) is 33.3 Å². The average molecular weight is 482 g/mol. The zero-order chi connectivity index (χ0) is 22.2. The smallest absolute Gasteiger partial charge is 0.388 e. The van der Waals surface area contributed by atoms with Gasteiger partial charge in [0.1, 0.15) is 6.10 Å². The molecule has 0 spiro atoms. The number of H-pyrrole nitrogens is 1. The predicted molar refractivity (Wildman–Crippen MR) is 90.4 cm³/mol. The molecular weight excluding hydrogens is 465 g/mol. The number of nitrogens with one attached hydrogen (secondary N) is 1. The molecule has 0 radical (unpaired) electrons. The van der Waals surface area contributed by atoms with Crippen LogP contribution in [0.4, 0.5) is 0 Å². The van der Waals surface area contributed by atoms with Crippen molar-refractivity contribution in [2.24, 2.45) is 0 Å². The minimum atomic E-state index is -5.66. The highest BCUT2D eigenvalue weighted by Gasteiger charge is 2.42. The fourth-order valence-electron chi connectivity index (χ4n) is 2.34. The second kappa shape index (κ2) is 8.63. The number of ether oxygens (including phenoxy) is 1. The molecule has 0 aliphatic carbocycles. The first-order valence-corrected chi connectivity index (χ1v) is 12.0. The zero-order valence-corrected chi connectivity index (χ0v) is 17.1. The Morgan fingerprint density at radius 1 is 1.17 bits per heavy atom. The van der Waals surface area contributed by atoms with Gasteiger partial charge in [-0.1, -0.05) is 0 Å². The second-order valence-electron chi connectivity index (χ2n) is 5.82. The zero-order valence-electron chi connectivity index (χ0n) is 14.4. The Labute approximate surface area is 161 Å². The Kier molecular flexibility index (Phi) is 7.23. The summed E-state index contributed by atoms with van der Waals surface area (Å²) >= 11 is 0. The minimum Gasteiger partial charge on any atom is -0.388 e. The highest BCUT2D eigenvalue weighted by atomic mass is 31.3. The third kappa shape index (κ3) is 7.03. The van der Waals surface area contributed by atoms with Crippen LogP contribution in [0.3, 0.4) is 0 Å². The van der Waals surface area contributed by atoms with Gasteiger partial charge in [-0.3, -0.25) is 18.9 Å². The van der Waals surface area contributed by atoms with Crippen molar-refractivity contribution in [2.75, 3.05) is 6.61 Å². The van der Waals surface area contributed by atoms with E-state index in [4.69, 9.17) is 19.4 Å². The van der Waals surface area contributed by atoms with Gasteiger partial charge in [0.05, 0.1) is 12.7 Å². The van der Waals surface area contributed by atoms with Crippen molar-refractivity contribution in [1.82, 2.24) is 9.55 Å². The summed E-state index contributed by atoms with van der Waals surface area (Å²) < 4.78 is 51.2. The maximum atomic E-state index is 11.9. The van der Waals surface area contributed by atoms with Crippen molar-refractivity contribution < 1.29 is 56.3 Å². The molecular formula is C10H17N2O14P3. The van der Waals surface area contributed by atoms with E-state index in [1.54, 1.807) is 0 Å². The lowest BCUT2D eigenvalue weighted by molar-refractivity contribution is -0.0525. The van der Waals surface area contributed by atoms with Crippen LogP contribution in [0.5, 0.6) is 0 Å². The summed E-state index contributed by atoms with van der Waals surface area (Å²) in [5.74, 6) is 0. The topological polar surface area (TPSA) is 244 Å². The summed E-state index contributed by atoms with van der Waals surface area (Å²) in [5, 5.41) is 10.1. The second-order valence-corrected chi connectivity index (χ2v) is 10.2. The van der Waals surface area contributed by atoms with E-state index in [0.717, 1.165) is 10.8 Å². The van der Waals surface area contributed by atoms with E-state index in [1.807, 2.05) is 4.98 Å². The number of aliphatic hydroxyl groups excluding tert-OH is 1. The van der Waals surface area contributed by atoms with Crippen LogP contribution in [0, 0.1) is 6.92 Å². The number of rotatable bonds is 8. The highest BCUT2D eigenvalue weighted by molar-refractivity contribution is 7.66. The molecule has 1 aromatic rings. The van der Waals surface area contributed by atoms with Crippen molar-refractivity contribution in [3.8, 4) is 0 Å². The lowest BCUT2D eigenvalue weighted by Gasteiger charge is -2.19. The van der Waals surface area contributed by atoms with E-state index < -0.39 is 59.8 Å². The van der Waals surface area contributed by atoms with Crippen LogP contribution in [0.25, 0.3) is 0 Å². The number of phosphoric ester groups is 1. The molecule has 0 saturated carbocycles. The van der Waals surface area contributed by atoms with Crippen LogP contribution >= 0.6 is 23.5 Å². The van der Waals surface area contributed by atoms with Crippen LogP contribution < -0.4 is 11.2 Å².